The van der Waals surface area contributed by atoms with Crippen LogP contribution in [0.3, 0.4) is 0 Å². The molecule has 0 atom stereocenters. The first-order valence-corrected chi connectivity index (χ1v) is 19.2. The summed E-state index contributed by atoms with van der Waals surface area (Å²) in [6.45, 7) is 5.20. The van der Waals surface area contributed by atoms with Crippen LogP contribution in [0.4, 0.5) is 0 Å². The van der Waals surface area contributed by atoms with E-state index in [9.17, 15) is 4.79 Å². The zero-order chi connectivity index (χ0) is 28.3. The van der Waals surface area contributed by atoms with Gasteiger partial charge in [0.1, 0.15) is 0 Å². The van der Waals surface area contributed by atoms with Crippen LogP contribution in [0.25, 0.3) is 0 Å². The Hall–Kier alpha value is -0.180. The summed E-state index contributed by atoms with van der Waals surface area (Å²) in [5.41, 5.74) is 0. The molecule has 0 fully saturated rings. The van der Waals surface area contributed by atoms with Crippen LogP contribution in [0, 0.1) is 0 Å². The molecule has 0 saturated heterocycles. The third kappa shape index (κ3) is 35.8. The van der Waals surface area contributed by atoms with E-state index < -0.39 is 0 Å². The normalized spacial score (nSPS) is 11.3. The second-order valence-electron chi connectivity index (χ2n) is 12.1. The molecular weight excluding hydrogens is 496 g/mol. The Morgan fingerprint density at radius 2 is 0.718 bits per heavy atom. The molecule has 39 heavy (non-hydrogen) atoms. The van der Waals surface area contributed by atoms with Crippen molar-refractivity contribution in [1.82, 2.24) is 0 Å². The van der Waals surface area contributed by atoms with Crippen LogP contribution in [0.2, 0.25) is 0 Å². The first-order chi connectivity index (χ1) is 19.3. The molecule has 0 aliphatic carbocycles. The Morgan fingerprint density at radius 3 is 1.08 bits per heavy atom. The van der Waals surface area contributed by atoms with Crippen LogP contribution in [-0.2, 0) is 9.53 Å². The molecule has 0 aromatic rings. The van der Waals surface area contributed by atoms with Gasteiger partial charge in [0.25, 0.3) is 0 Å². The van der Waals surface area contributed by atoms with E-state index in [0.29, 0.717) is 13.0 Å². The van der Waals surface area contributed by atoms with Gasteiger partial charge in [0.2, 0.25) is 0 Å². The molecule has 0 heterocycles. The fourth-order valence-corrected chi connectivity index (χ4v) is 6.31. The van der Waals surface area contributed by atoms with Gasteiger partial charge < -0.3 is 4.74 Å². The predicted molar refractivity (Wildman–Crippen MR) is 178 cm³/mol. The average Bonchev–Trinajstić information content (AvgIpc) is 2.94. The van der Waals surface area contributed by atoms with Gasteiger partial charge in [0.15, 0.2) is 0 Å². The van der Waals surface area contributed by atoms with E-state index in [0.717, 1.165) is 12.2 Å². The topological polar surface area (TPSA) is 26.3 Å². The van der Waals surface area contributed by atoms with E-state index in [1.54, 1.807) is 0 Å². The fourth-order valence-electron chi connectivity index (χ4n) is 5.39. The molecule has 234 valence electrons. The Bertz CT molecular complexity index is 453. The average molecular weight is 569 g/mol. The van der Waals surface area contributed by atoms with Gasteiger partial charge >= 0.3 is 5.97 Å². The maximum atomic E-state index is 11.9. The number of carbonyl (C=O) groups excluding carboxylic acids is 1. The Labute approximate surface area is 251 Å². The van der Waals surface area contributed by atoms with Crippen molar-refractivity contribution in [3.05, 3.63) is 0 Å². The lowest BCUT2D eigenvalue weighted by Gasteiger charge is -2.06. The number of hydrogen-bond donors (Lipinski definition) is 0. The SMILES string of the molecule is CCCCCCCCCCCCCCCCCCSCCC(=O)OCCCCCCCCCCCCCCC. The predicted octanol–water partition coefficient (Wildman–Crippen LogP) is 13.0. The molecule has 0 saturated carbocycles. The summed E-state index contributed by atoms with van der Waals surface area (Å²) < 4.78 is 5.43. The Balaban J connectivity index is 3.13. The largest absolute Gasteiger partial charge is 0.466 e. The van der Waals surface area contributed by atoms with Gasteiger partial charge in [-0.25, -0.2) is 0 Å². The van der Waals surface area contributed by atoms with Gasteiger partial charge in [-0.05, 0) is 18.6 Å². The first kappa shape index (κ1) is 38.8. The lowest BCUT2D eigenvalue weighted by atomic mass is 10.0. The minimum absolute atomic E-state index is 0.00779. The third-order valence-electron chi connectivity index (χ3n) is 8.10. The number of ether oxygens (including phenoxy) is 1. The molecule has 0 aliphatic heterocycles. The highest BCUT2D eigenvalue weighted by atomic mass is 32.2. The van der Waals surface area contributed by atoms with Gasteiger partial charge in [0.05, 0.1) is 13.0 Å². The summed E-state index contributed by atoms with van der Waals surface area (Å²) in [4.78, 5) is 11.9. The summed E-state index contributed by atoms with van der Waals surface area (Å²) in [6.07, 6.45) is 40.9. The highest BCUT2D eigenvalue weighted by molar-refractivity contribution is 7.99. The summed E-state index contributed by atoms with van der Waals surface area (Å²) in [7, 11) is 0. The van der Waals surface area contributed by atoms with Crippen molar-refractivity contribution in [2.45, 2.75) is 206 Å². The standard InChI is InChI=1S/C36H72O2S/c1-3-5-7-9-11-13-15-17-18-19-21-23-25-27-29-31-34-39-35-32-36(37)38-33-30-28-26-24-22-20-16-14-12-10-8-6-4-2/h3-35H2,1-2H3. The van der Waals surface area contributed by atoms with E-state index in [1.165, 1.54) is 186 Å². The minimum Gasteiger partial charge on any atom is -0.466 e. The Morgan fingerprint density at radius 1 is 0.410 bits per heavy atom. The lowest BCUT2D eigenvalue weighted by molar-refractivity contribution is -0.143. The number of rotatable bonds is 34. The van der Waals surface area contributed by atoms with E-state index >= 15 is 0 Å². The van der Waals surface area contributed by atoms with Crippen LogP contribution >= 0.6 is 11.8 Å². The smallest absolute Gasteiger partial charge is 0.306 e. The van der Waals surface area contributed by atoms with Crippen molar-refractivity contribution in [1.29, 1.82) is 0 Å². The molecule has 0 amide bonds. The van der Waals surface area contributed by atoms with Crippen molar-refractivity contribution >= 4 is 17.7 Å². The molecule has 0 radical (unpaired) electrons. The van der Waals surface area contributed by atoms with Gasteiger partial charge in [-0.15, -0.1) is 0 Å². The van der Waals surface area contributed by atoms with Gasteiger partial charge in [-0.2, -0.15) is 11.8 Å². The number of thioether (sulfide) groups is 1. The highest BCUT2D eigenvalue weighted by Gasteiger charge is 2.03. The molecule has 0 spiro atoms. The van der Waals surface area contributed by atoms with Gasteiger partial charge in [-0.1, -0.05) is 187 Å². The van der Waals surface area contributed by atoms with Crippen LogP contribution < -0.4 is 0 Å². The van der Waals surface area contributed by atoms with Crippen LogP contribution in [-0.4, -0.2) is 24.1 Å². The van der Waals surface area contributed by atoms with Crippen molar-refractivity contribution in [2.24, 2.45) is 0 Å². The number of carbonyl (C=O) groups is 1. The van der Waals surface area contributed by atoms with Crippen LogP contribution in [0.15, 0.2) is 0 Å². The number of hydrogen-bond acceptors (Lipinski definition) is 3. The molecule has 0 aromatic heterocycles. The summed E-state index contributed by atoms with van der Waals surface area (Å²) in [5.74, 6) is 2.13. The van der Waals surface area contributed by atoms with Crippen molar-refractivity contribution < 1.29 is 9.53 Å². The monoisotopic (exact) mass is 569 g/mol. The summed E-state index contributed by atoms with van der Waals surface area (Å²) in [5, 5.41) is 0. The number of unbranched alkanes of at least 4 members (excludes halogenated alkanes) is 27. The first-order valence-electron chi connectivity index (χ1n) is 18.0. The van der Waals surface area contributed by atoms with Crippen molar-refractivity contribution in [3.8, 4) is 0 Å². The summed E-state index contributed by atoms with van der Waals surface area (Å²) in [6, 6.07) is 0. The molecule has 3 heteroatoms. The van der Waals surface area contributed by atoms with Crippen LogP contribution in [0.5, 0.6) is 0 Å². The van der Waals surface area contributed by atoms with E-state index in [1.807, 2.05) is 11.8 Å². The fraction of sp³-hybridized carbons (Fsp3) is 0.972. The zero-order valence-corrected chi connectivity index (χ0v) is 27.9. The van der Waals surface area contributed by atoms with Crippen molar-refractivity contribution in [3.63, 3.8) is 0 Å². The van der Waals surface area contributed by atoms with Crippen LogP contribution in [0.1, 0.15) is 206 Å². The van der Waals surface area contributed by atoms with E-state index in [2.05, 4.69) is 13.8 Å². The van der Waals surface area contributed by atoms with E-state index in [-0.39, 0.29) is 5.97 Å². The molecular formula is C36H72O2S. The molecule has 0 N–H and O–H groups in total. The molecule has 2 nitrogen and oxygen atoms in total. The maximum absolute atomic E-state index is 11.9. The zero-order valence-electron chi connectivity index (χ0n) is 27.1. The second kappa shape index (κ2) is 35.8. The highest BCUT2D eigenvalue weighted by Crippen LogP contribution is 2.15. The minimum atomic E-state index is 0.00779. The lowest BCUT2D eigenvalue weighted by Crippen LogP contribution is -2.07. The van der Waals surface area contributed by atoms with Crippen molar-refractivity contribution in [2.75, 3.05) is 18.1 Å². The molecule has 0 aromatic carbocycles. The van der Waals surface area contributed by atoms with Gasteiger partial charge in [0, 0.05) is 5.75 Å². The molecule has 0 rings (SSSR count). The molecule has 0 aliphatic rings. The number of esters is 1. The second-order valence-corrected chi connectivity index (χ2v) is 13.4. The van der Waals surface area contributed by atoms with Gasteiger partial charge in [-0.3, -0.25) is 4.79 Å². The Kier molecular flexibility index (Phi) is 35.7. The molecule has 0 bridgehead atoms. The van der Waals surface area contributed by atoms with E-state index in [4.69, 9.17) is 4.74 Å². The summed E-state index contributed by atoms with van der Waals surface area (Å²) >= 11 is 1.93. The third-order valence-corrected chi connectivity index (χ3v) is 9.17. The quantitative estimate of drug-likeness (QED) is 0.0570. The molecule has 0 unspecified atom stereocenters. The maximum Gasteiger partial charge on any atom is 0.306 e.